The Morgan fingerprint density at radius 1 is 1.07 bits per heavy atom. The maximum absolute atomic E-state index is 12.3. The van der Waals surface area contributed by atoms with E-state index in [1.807, 2.05) is 64.1 Å². The van der Waals surface area contributed by atoms with Gasteiger partial charge < -0.3 is 10.6 Å². The number of nitrogens with one attached hydrogen (secondary N) is 2. The molecule has 3 aromatic rings. The van der Waals surface area contributed by atoms with Crippen LogP contribution in [0.5, 0.6) is 0 Å². The number of anilines is 2. The van der Waals surface area contributed by atoms with Crippen molar-refractivity contribution < 1.29 is 9.59 Å². The molecular weight excluding hydrogens is 402 g/mol. The number of fused-ring (bicyclic) bond motifs is 1. The molecule has 0 aliphatic carbocycles. The number of aromatic nitrogens is 1. The summed E-state index contributed by atoms with van der Waals surface area (Å²) in [7, 11) is 0. The van der Waals surface area contributed by atoms with Crippen molar-refractivity contribution in [2.24, 2.45) is 5.41 Å². The van der Waals surface area contributed by atoms with Crippen LogP contribution < -0.4 is 10.6 Å². The van der Waals surface area contributed by atoms with Crippen LogP contribution >= 0.6 is 23.1 Å². The highest BCUT2D eigenvalue weighted by Gasteiger charge is 2.16. The zero-order valence-corrected chi connectivity index (χ0v) is 18.7. The smallest absolute Gasteiger partial charge is 0.236 e. The lowest BCUT2D eigenvalue weighted by atomic mass is 9.92. The SMILES string of the molecule is Cc1ccc2nc(NC(=O)CSc3cccc(NC(=O)CC(C)(C)C)c3)sc2c1. The van der Waals surface area contributed by atoms with Gasteiger partial charge in [0.15, 0.2) is 5.13 Å². The van der Waals surface area contributed by atoms with Crippen LogP contribution in [0.3, 0.4) is 0 Å². The van der Waals surface area contributed by atoms with Gasteiger partial charge in [-0.15, -0.1) is 11.8 Å². The molecule has 2 N–H and O–H groups in total. The second-order valence-electron chi connectivity index (χ2n) is 8.14. The Morgan fingerprint density at radius 2 is 1.86 bits per heavy atom. The molecule has 3 rings (SSSR count). The molecule has 0 radical (unpaired) electrons. The Kier molecular flexibility index (Phi) is 6.59. The van der Waals surface area contributed by atoms with Crippen molar-refractivity contribution in [3.05, 3.63) is 48.0 Å². The molecule has 0 bridgehead atoms. The van der Waals surface area contributed by atoms with E-state index in [1.165, 1.54) is 28.7 Å². The number of benzene rings is 2. The fourth-order valence-electron chi connectivity index (χ4n) is 2.74. The molecule has 1 heterocycles. The van der Waals surface area contributed by atoms with Gasteiger partial charge in [0, 0.05) is 17.0 Å². The topological polar surface area (TPSA) is 71.1 Å². The van der Waals surface area contributed by atoms with Gasteiger partial charge in [-0.05, 0) is 48.2 Å². The summed E-state index contributed by atoms with van der Waals surface area (Å²) in [6.45, 7) is 8.13. The molecule has 0 atom stereocenters. The van der Waals surface area contributed by atoms with E-state index in [4.69, 9.17) is 0 Å². The van der Waals surface area contributed by atoms with Crippen LogP contribution in [0.15, 0.2) is 47.4 Å². The highest BCUT2D eigenvalue weighted by molar-refractivity contribution is 8.00. The zero-order valence-electron chi connectivity index (χ0n) is 17.0. The van der Waals surface area contributed by atoms with E-state index in [0.29, 0.717) is 11.6 Å². The normalized spacial score (nSPS) is 11.4. The van der Waals surface area contributed by atoms with Crippen molar-refractivity contribution in [2.75, 3.05) is 16.4 Å². The Morgan fingerprint density at radius 3 is 2.62 bits per heavy atom. The number of hydrogen-bond acceptors (Lipinski definition) is 5. The zero-order chi connectivity index (χ0) is 21.0. The van der Waals surface area contributed by atoms with Gasteiger partial charge in [-0.2, -0.15) is 0 Å². The van der Waals surface area contributed by atoms with E-state index >= 15 is 0 Å². The van der Waals surface area contributed by atoms with Gasteiger partial charge in [-0.25, -0.2) is 4.98 Å². The maximum Gasteiger partial charge on any atom is 0.236 e. The molecule has 29 heavy (non-hydrogen) atoms. The third kappa shape index (κ3) is 6.58. The van der Waals surface area contributed by atoms with Gasteiger partial charge in [-0.3, -0.25) is 9.59 Å². The fourth-order valence-corrected chi connectivity index (χ4v) is 4.48. The Bertz CT molecular complexity index is 1040. The maximum atomic E-state index is 12.3. The number of aryl methyl sites for hydroxylation is 1. The first-order valence-electron chi connectivity index (χ1n) is 9.38. The van der Waals surface area contributed by atoms with E-state index in [1.54, 1.807) is 0 Å². The Hall–Kier alpha value is -2.38. The number of carbonyl (C=O) groups excluding carboxylic acids is 2. The Balaban J connectivity index is 1.55. The first-order valence-corrected chi connectivity index (χ1v) is 11.2. The van der Waals surface area contributed by atoms with Crippen molar-refractivity contribution in [3.8, 4) is 0 Å². The van der Waals surface area contributed by atoms with Crippen LogP contribution in [-0.4, -0.2) is 22.6 Å². The molecule has 0 spiro atoms. The molecule has 0 saturated heterocycles. The quantitative estimate of drug-likeness (QED) is 0.494. The van der Waals surface area contributed by atoms with Crippen LogP contribution in [0.4, 0.5) is 10.8 Å². The van der Waals surface area contributed by atoms with Crippen molar-refractivity contribution in [1.29, 1.82) is 0 Å². The third-order valence-corrected chi connectivity index (χ3v) is 5.90. The monoisotopic (exact) mass is 427 g/mol. The summed E-state index contributed by atoms with van der Waals surface area (Å²) < 4.78 is 1.06. The fraction of sp³-hybridized carbons (Fsp3) is 0.318. The number of rotatable bonds is 6. The molecule has 7 heteroatoms. The number of amides is 2. The summed E-state index contributed by atoms with van der Waals surface area (Å²) in [5, 5.41) is 6.41. The summed E-state index contributed by atoms with van der Waals surface area (Å²) in [4.78, 5) is 29.8. The van der Waals surface area contributed by atoms with Gasteiger partial charge in [-0.1, -0.05) is 44.2 Å². The van der Waals surface area contributed by atoms with Gasteiger partial charge in [0.05, 0.1) is 16.0 Å². The molecule has 0 aliphatic rings. The van der Waals surface area contributed by atoms with E-state index in [2.05, 4.69) is 21.7 Å². The van der Waals surface area contributed by atoms with Crippen LogP contribution in [0, 0.1) is 12.3 Å². The molecule has 0 fully saturated rings. The van der Waals surface area contributed by atoms with E-state index in [-0.39, 0.29) is 23.0 Å². The second-order valence-corrected chi connectivity index (χ2v) is 10.2. The van der Waals surface area contributed by atoms with E-state index < -0.39 is 0 Å². The minimum Gasteiger partial charge on any atom is -0.326 e. The largest absolute Gasteiger partial charge is 0.326 e. The Labute approximate surface area is 179 Å². The van der Waals surface area contributed by atoms with Gasteiger partial charge in [0.2, 0.25) is 11.8 Å². The molecule has 0 saturated carbocycles. The van der Waals surface area contributed by atoms with Crippen molar-refractivity contribution >= 4 is 55.9 Å². The van der Waals surface area contributed by atoms with Gasteiger partial charge in [0.25, 0.3) is 0 Å². The van der Waals surface area contributed by atoms with Gasteiger partial charge >= 0.3 is 0 Å². The average molecular weight is 428 g/mol. The van der Waals surface area contributed by atoms with E-state index in [0.717, 1.165) is 20.8 Å². The number of carbonyl (C=O) groups is 2. The number of hydrogen-bond donors (Lipinski definition) is 2. The second kappa shape index (κ2) is 8.97. The first kappa shape index (κ1) is 21.3. The molecular formula is C22H25N3O2S2. The minimum absolute atomic E-state index is 0.0107. The summed E-state index contributed by atoms with van der Waals surface area (Å²) in [5.41, 5.74) is 2.74. The highest BCUT2D eigenvalue weighted by atomic mass is 32.2. The van der Waals surface area contributed by atoms with Crippen LogP contribution in [-0.2, 0) is 9.59 Å². The highest BCUT2D eigenvalue weighted by Crippen LogP contribution is 2.28. The predicted octanol–water partition coefficient (Wildman–Crippen LogP) is 5.71. The van der Waals surface area contributed by atoms with Crippen LogP contribution in [0.2, 0.25) is 0 Å². The summed E-state index contributed by atoms with van der Waals surface area (Å²) in [5.74, 6) is 0.158. The molecule has 2 aromatic carbocycles. The summed E-state index contributed by atoms with van der Waals surface area (Å²) in [6, 6.07) is 13.6. The predicted molar refractivity (Wildman–Crippen MR) is 123 cm³/mol. The van der Waals surface area contributed by atoms with Crippen molar-refractivity contribution in [3.63, 3.8) is 0 Å². The standard InChI is InChI=1S/C22H25N3O2S2/c1-14-8-9-17-18(10-14)29-21(24-17)25-20(27)13-28-16-7-5-6-15(11-16)23-19(26)12-22(2,3)4/h5-11H,12-13H2,1-4H3,(H,23,26)(H,24,25,27). The lowest BCUT2D eigenvalue weighted by Gasteiger charge is -2.17. The average Bonchev–Trinajstić information content (AvgIpc) is 2.99. The molecule has 2 amide bonds. The number of thioether (sulfide) groups is 1. The van der Waals surface area contributed by atoms with Gasteiger partial charge in [0.1, 0.15) is 0 Å². The van der Waals surface area contributed by atoms with Crippen molar-refractivity contribution in [2.45, 2.75) is 39.0 Å². The van der Waals surface area contributed by atoms with Crippen LogP contribution in [0.1, 0.15) is 32.8 Å². The summed E-state index contributed by atoms with van der Waals surface area (Å²) >= 11 is 2.90. The molecule has 152 valence electrons. The molecule has 1 aromatic heterocycles. The lowest BCUT2D eigenvalue weighted by Crippen LogP contribution is -2.19. The first-order chi connectivity index (χ1) is 13.7. The lowest BCUT2D eigenvalue weighted by molar-refractivity contribution is -0.118. The minimum atomic E-state index is -0.104. The molecule has 0 aliphatic heterocycles. The van der Waals surface area contributed by atoms with E-state index in [9.17, 15) is 9.59 Å². The summed E-state index contributed by atoms with van der Waals surface area (Å²) in [6.07, 6.45) is 0.453. The molecule has 5 nitrogen and oxygen atoms in total. The van der Waals surface area contributed by atoms with Crippen LogP contribution in [0.25, 0.3) is 10.2 Å². The third-order valence-electron chi connectivity index (χ3n) is 3.97. The number of nitrogens with zero attached hydrogens (tertiary/aromatic N) is 1. The molecule has 0 unspecified atom stereocenters. The number of thiazole rings is 1. The van der Waals surface area contributed by atoms with Crippen molar-refractivity contribution in [1.82, 2.24) is 4.98 Å².